The van der Waals surface area contributed by atoms with Crippen LogP contribution in [0.3, 0.4) is 0 Å². The summed E-state index contributed by atoms with van der Waals surface area (Å²) < 4.78 is 22.5. The molecule has 1 fully saturated rings. The molecule has 0 bridgehead atoms. The van der Waals surface area contributed by atoms with Crippen LogP contribution in [0.15, 0.2) is 10.4 Å². The van der Waals surface area contributed by atoms with E-state index >= 15 is 0 Å². The average molecular weight is 317 g/mol. The highest BCUT2D eigenvalue weighted by atomic mass is 32.2. The van der Waals surface area contributed by atoms with Gasteiger partial charge in [-0.2, -0.15) is 0 Å². The van der Waals surface area contributed by atoms with E-state index in [9.17, 15) is 8.42 Å². The van der Waals surface area contributed by atoms with Gasteiger partial charge in [-0.25, -0.2) is 18.5 Å². The summed E-state index contributed by atoms with van der Waals surface area (Å²) in [5.41, 5.74) is 0.188. The van der Waals surface area contributed by atoms with Gasteiger partial charge in [-0.1, -0.05) is 44.4 Å². The van der Waals surface area contributed by atoms with Crippen LogP contribution in [0.2, 0.25) is 0 Å². The molecule has 1 aliphatic rings. The molecule has 0 aromatic carbocycles. The molecule has 3 N–H and O–H groups in total. The van der Waals surface area contributed by atoms with E-state index in [4.69, 9.17) is 5.14 Å². The Morgan fingerprint density at radius 3 is 2.60 bits per heavy atom. The molecule has 0 saturated heterocycles. The van der Waals surface area contributed by atoms with Crippen molar-refractivity contribution in [2.24, 2.45) is 16.5 Å². The number of nitrogens with one attached hydrogen (secondary N) is 1. The molecule has 0 amide bonds. The highest BCUT2D eigenvalue weighted by Gasteiger charge is 2.30. The topological polar surface area (TPSA) is 85.1 Å². The van der Waals surface area contributed by atoms with E-state index in [-0.39, 0.29) is 9.62 Å². The number of anilines is 1. The Kier molecular flexibility index (Phi) is 4.71. The van der Waals surface area contributed by atoms with E-state index in [0.717, 1.165) is 23.8 Å². The second kappa shape index (κ2) is 5.99. The number of sulfonamides is 1. The molecule has 20 heavy (non-hydrogen) atoms. The molecule has 1 aromatic rings. The minimum atomic E-state index is -3.64. The van der Waals surface area contributed by atoms with Crippen molar-refractivity contribution in [1.29, 1.82) is 0 Å². The van der Waals surface area contributed by atoms with Crippen molar-refractivity contribution in [3.05, 3.63) is 6.20 Å². The summed E-state index contributed by atoms with van der Waals surface area (Å²) in [6, 6.07) is 0. The van der Waals surface area contributed by atoms with Crippen LogP contribution in [0.4, 0.5) is 5.13 Å². The van der Waals surface area contributed by atoms with E-state index in [0.29, 0.717) is 5.13 Å². The molecule has 0 aliphatic heterocycles. The minimum absolute atomic E-state index is 0.107. The molecular weight excluding hydrogens is 294 g/mol. The fourth-order valence-electron chi connectivity index (χ4n) is 2.80. The maximum atomic E-state index is 11.2. The van der Waals surface area contributed by atoms with Crippen LogP contribution in [0, 0.1) is 11.3 Å². The molecule has 1 aromatic heterocycles. The monoisotopic (exact) mass is 317 g/mol. The molecule has 0 radical (unpaired) electrons. The molecule has 5 nitrogen and oxygen atoms in total. The van der Waals surface area contributed by atoms with Gasteiger partial charge in [0.05, 0.1) is 6.20 Å². The van der Waals surface area contributed by atoms with E-state index in [1.807, 2.05) is 0 Å². The van der Waals surface area contributed by atoms with Gasteiger partial charge in [0.15, 0.2) is 9.34 Å². The zero-order valence-corrected chi connectivity index (χ0v) is 13.7. The predicted octanol–water partition coefficient (Wildman–Crippen LogP) is 2.81. The zero-order chi connectivity index (χ0) is 14.8. The number of nitrogens with two attached hydrogens (primary N) is 1. The Hall–Kier alpha value is -0.660. The normalized spacial score (nSPS) is 18.1. The number of primary sulfonamides is 1. The lowest BCUT2D eigenvalue weighted by molar-refractivity contribution is 0.172. The second-order valence-corrected chi connectivity index (χ2v) is 9.03. The van der Waals surface area contributed by atoms with Gasteiger partial charge in [-0.3, -0.25) is 0 Å². The molecule has 0 spiro atoms. The summed E-state index contributed by atoms with van der Waals surface area (Å²) in [6.07, 6.45) is 7.88. The van der Waals surface area contributed by atoms with E-state index in [1.165, 1.54) is 38.3 Å². The third kappa shape index (κ3) is 3.93. The summed E-state index contributed by atoms with van der Waals surface area (Å²) in [5.74, 6) is 0.724. The van der Waals surface area contributed by atoms with Crippen LogP contribution < -0.4 is 10.5 Å². The Balaban J connectivity index is 1.95. The Morgan fingerprint density at radius 1 is 1.40 bits per heavy atom. The first-order chi connectivity index (χ1) is 9.29. The summed E-state index contributed by atoms with van der Waals surface area (Å²) >= 11 is 1.09. The second-order valence-electron chi connectivity index (χ2n) is 6.21. The molecule has 1 heterocycles. The fourth-order valence-corrected chi connectivity index (χ4v) is 4.25. The lowest BCUT2D eigenvalue weighted by Gasteiger charge is -2.37. The number of thiazole rings is 1. The maximum Gasteiger partial charge on any atom is 0.249 e. The molecular formula is C13H23N3O2S2. The minimum Gasteiger partial charge on any atom is -0.361 e. The number of nitrogens with zero attached hydrogens (tertiary/aromatic N) is 1. The summed E-state index contributed by atoms with van der Waals surface area (Å²) in [7, 11) is -3.64. The average Bonchev–Trinajstić information content (AvgIpc) is 2.86. The standard InChI is InChI=1S/C13H23N3O2S2/c1-13(2,10-6-4-3-5-7-10)9-16-12-15-8-11(19-12)20(14,17)18/h8,10H,3-7,9H2,1-2H3,(H,15,16)(H2,14,17,18). The Morgan fingerprint density at radius 2 is 2.05 bits per heavy atom. The van der Waals surface area contributed by atoms with Crippen LogP contribution in [-0.2, 0) is 10.0 Å². The van der Waals surface area contributed by atoms with Gasteiger partial charge < -0.3 is 5.32 Å². The van der Waals surface area contributed by atoms with Crippen LogP contribution in [-0.4, -0.2) is 19.9 Å². The van der Waals surface area contributed by atoms with Crippen LogP contribution in [0.25, 0.3) is 0 Å². The molecule has 114 valence electrons. The SMILES string of the molecule is CC(C)(CNc1ncc(S(N)(=O)=O)s1)C1CCCCC1. The van der Waals surface area contributed by atoms with Crippen LogP contribution in [0.5, 0.6) is 0 Å². The molecule has 1 saturated carbocycles. The lowest BCUT2D eigenvalue weighted by Crippen LogP contribution is -2.33. The smallest absolute Gasteiger partial charge is 0.249 e. The molecule has 7 heteroatoms. The van der Waals surface area contributed by atoms with Crippen molar-refractivity contribution in [2.45, 2.75) is 50.2 Å². The number of aromatic nitrogens is 1. The Bertz CT molecular complexity index is 546. The largest absolute Gasteiger partial charge is 0.361 e. The van der Waals surface area contributed by atoms with Crippen molar-refractivity contribution in [2.75, 3.05) is 11.9 Å². The Labute approximate surface area is 125 Å². The lowest BCUT2D eigenvalue weighted by atomic mass is 9.71. The maximum absolute atomic E-state index is 11.2. The summed E-state index contributed by atoms with van der Waals surface area (Å²) in [6.45, 7) is 5.34. The quantitative estimate of drug-likeness (QED) is 0.874. The number of rotatable bonds is 5. The van der Waals surface area contributed by atoms with Crippen LogP contribution in [0.1, 0.15) is 46.0 Å². The first kappa shape index (κ1) is 15.7. The van der Waals surface area contributed by atoms with Gasteiger partial charge in [0.2, 0.25) is 10.0 Å². The van der Waals surface area contributed by atoms with Crippen LogP contribution >= 0.6 is 11.3 Å². The van der Waals surface area contributed by atoms with Gasteiger partial charge >= 0.3 is 0 Å². The molecule has 0 atom stereocenters. The van der Waals surface area contributed by atoms with E-state index in [2.05, 4.69) is 24.1 Å². The fraction of sp³-hybridized carbons (Fsp3) is 0.769. The summed E-state index contributed by atoms with van der Waals surface area (Å²) in [4.78, 5) is 4.08. The number of hydrogen-bond acceptors (Lipinski definition) is 5. The van der Waals surface area contributed by atoms with Gasteiger partial charge in [0, 0.05) is 6.54 Å². The highest BCUT2D eigenvalue weighted by Crippen LogP contribution is 2.38. The molecule has 1 aliphatic carbocycles. The van der Waals surface area contributed by atoms with Gasteiger partial charge in [-0.05, 0) is 24.2 Å². The third-order valence-corrected chi connectivity index (χ3v) is 6.53. The van der Waals surface area contributed by atoms with Gasteiger partial charge in [0.1, 0.15) is 0 Å². The number of hydrogen-bond donors (Lipinski definition) is 2. The van der Waals surface area contributed by atoms with Crippen molar-refractivity contribution in [3.8, 4) is 0 Å². The van der Waals surface area contributed by atoms with Crippen molar-refractivity contribution in [3.63, 3.8) is 0 Å². The van der Waals surface area contributed by atoms with Gasteiger partial charge in [0.25, 0.3) is 0 Å². The summed E-state index contributed by atoms with van der Waals surface area (Å²) in [5, 5.41) is 8.97. The highest BCUT2D eigenvalue weighted by molar-refractivity contribution is 7.91. The third-order valence-electron chi connectivity index (χ3n) is 4.17. The van der Waals surface area contributed by atoms with E-state index in [1.54, 1.807) is 0 Å². The van der Waals surface area contributed by atoms with Crippen molar-refractivity contribution < 1.29 is 8.42 Å². The first-order valence-electron chi connectivity index (χ1n) is 7.01. The van der Waals surface area contributed by atoms with Crippen molar-refractivity contribution >= 4 is 26.5 Å². The van der Waals surface area contributed by atoms with E-state index < -0.39 is 10.0 Å². The molecule has 0 unspecified atom stereocenters. The zero-order valence-electron chi connectivity index (χ0n) is 12.1. The van der Waals surface area contributed by atoms with Gasteiger partial charge in [-0.15, -0.1) is 0 Å². The predicted molar refractivity (Wildman–Crippen MR) is 82.3 cm³/mol. The molecule has 2 rings (SSSR count). The van der Waals surface area contributed by atoms with Crippen molar-refractivity contribution in [1.82, 2.24) is 4.98 Å². The first-order valence-corrected chi connectivity index (χ1v) is 9.38.